The van der Waals surface area contributed by atoms with Crippen molar-refractivity contribution in [2.45, 2.75) is 45.9 Å². The van der Waals surface area contributed by atoms with E-state index in [1.807, 2.05) is 48.4 Å². The summed E-state index contributed by atoms with van der Waals surface area (Å²) in [7, 11) is 0.956. The molecule has 1 amide bonds. The molecule has 1 heterocycles. The summed E-state index contributed by atoms with van der Waals surface area (Å²) in [5, 5.41) is 2.82. The van der Waals surface area contributed by atoms with Gasteiger partial charge in [0.15, 0.2) is 0 Å². The van der Waals surface area contributed by atoms with E-state index in [0.717, 1.165) is 29.7 Å². The number of nitrogens with zero attached hydrogens (tertiary/aromatic N) is 3. The molecular formula is C19H30N4O2Si. The first kappa shape index (κ1) is 20.2. The molecule has 6 nitrogen and oxygen atoms in total. The average Bonchev–Trinajstić information content (AvgIpc) is 2.97. The quantitative estimate of drug-likeness (QED) is 0.536. The number of benzene rings is 1. The maximum absolute atomic E-state index is 11.2. The van der Waals surface area contributed by atoms with Crippen molar-refractivity contribution in [1.82, 2.24) is 9.55 Å². The van der Waals surface area contributed by atoms with E-state index in [-0.39, 0.29) is 5.91 Å². The predicted molar refractivity (Wildman–Crippen MR) is 109 cm³/mol. The van der Waals surface area contributed by atoms with Crippen LogP contribution in [-0.2, 0) is 22.8 Å². The van der Waals surface area contributed by atoms with Crippen LogP contribution in [0, 0.1) is 0 Å². The van der Waals surface area contributed by atoms with Crippen LogP contribution in [0.5, 0.6) is 0 Å². The Morgan fingerprint density at radius 3 is 2.81 bits per heavy atom. The molecule has 0 aliphatic rings. The molecule has 0 fully saturated rings. The van der Waals surface area contributed by atoms with Gasteiger partial charge in [-0.1, -0.05) is 25.7 Å². The standard InChI is InChI=1S/C19H30N4O2Si/c1-16(24)21-17-7-6-8-18(11-17)22(2)13-19-12-20-14-23(19)15-25-9-10-26(3,4)5/h6-8,11-12,14H,9-10,13,15H2,1-5H3,(H,21,24). The summed E-state index contributed by atoms with van der Waals surface area (Å²) < 4.78 is 7.88. The largest absolute Gasteiger partial charge is 0.369 e. The maximum Gasteiger partial charge on any atom is 0.221 e. The Morgan fingerprint density at radius 2 is 2.12 bits per heavy atom. The molecule has 0 unspecified atom stereocenters. The summed E-state index contributed by atoms with van der Waals surface area (Å²) in [6.07, 6.45) is 3.68. The second-order valence-electron chi connectivity index (χ2n) is 7.79. The van der Waals surface area contributed by atoms with Crippen molar-refractivity contribution >= 4 is 25.4 Å². The highest BCUT2D eigenvalue weighted by Crippen LogP contribution is 2.20. The molecule has 0 saturated carbocycles. The molecule has 7 heteroatoms. The van der Waals surface area contributed by atoms with Gasteiger partial charge in [0.2, 0.25) is 5.91 Å². The third-order valence-corrected chi connectivity index (χ3v) is 5.74. The first-order chi connectivity index (χ1) is 12.2. The molecular weight excluding hydrogens is 344 g/mol. The predicted octanol–water partition coefficient (Wildman–Crippen LogP) is 3.79. The van der Waals surface area contributed by atoms with Gasteiger partial charge in [0.25, 0.3) is 0 Å². The van der Waals surface area contributed by atoms with Crippen molar-refractivity contribution < 1.29 is 9.53 Å². The van der Waals surface area contributed by atoms with Crippen LogP contribution in [0.3, 0.4) is 0 Å². The Balaban J connectivity index is 1.94. The minimum atomic E-state index is -1.07. The summed E-state index contributed by atoms with van der Waals surface area (Å²) >= 11 is 0. The van der Waals surface area contributed by atoms with E-state index in [0.29, 0.717) is 13.3 Å². The number of hydrogen-bond acceptors (Lipinski definition) is 4. The highest BCUT2D eigenvalue weighted by molar-refractivity contribution is 6.76. The normalized spacial score (nSPS) is 11.4. The van der Waals surface area contributed by atoms with E-state index in [1.54, 1.807) is 0 Å². The van der Waals surface area contributed by atoms with Gasteiger partial charge in [-0.15, -0.1) is 0 Å². The lowest BCUT2D eigenvalue weighted by atomic mass is 10.2. The number of carbonyl (C=O) groups is 1. The number of ether oxygens (including phenoxy) is 1. The van der Waals surface area contributed by atoms with Crippen LogP contribution in [0.25, 0.3) is 0 Å². The van der Waals surface area contributed by atoms with E-state index >= 15 is 0 Å². The first-order valence-corrected chi connectivity index (χ1v) is 12.6. The zero-order valence-corrected chi connectivity index (χ0v) is 17.5. The number of anilines is 2. The van der Waals surface area contributed by atoms with Crippen molar-refractivity contribution in [1.29, 1.82) is 0 Å². The molecule has 2 rings (SSSR count). The van der Waals surface area contributed by atoms with Crippen LogP contribution in [0.15, 0.2) is 36.8 Å². The second-order valence-corrected chi connectivity index (χ2v) is 13.4. The molecule has 2 aromatic rings. The molecule has 0 bridgehead atoms. The molecule has 1 N–H and O–H groups in total. The molecule has 0 aliphatic heterocycles. The Bertz CT molecular complexity index is 724. The lowest BCUT2D eigenvalue weighted by Crippen LogP contribution is -2.22. The lowest BCUT2D eigenvalue weighted by molar-refractivity contribution is -0.114. The van der Waals surface area contributed by atoms with Gasteiger partial charge in [-0.2, -0.15) is 0 Å². The fourth-order valence-corrected chi connectivity index (χ4v) is 3.25. The number of rotatable bonds is 9. The Labute approximate surface area is 157 Å². The van der Waals surface area contributed by atoms with E-state index in [2.05, 4.69) is 34.8 Å². The number of nitrogens with one attached hydrogen (secondary N) is 1. The van der Waals surface area contributed by atoms with Gasteiger partial charge >= 0.3 is 0 Å². The topological polar surface area (TPSA) is 59.4 Å². The minimum Gasteiger partial charge on any atom is -0.369 e. The zero-order valence-electron chi connectivity index (χ0n) is 16.5. The third kappa shape index (κ3) is 6.65. The average molecular weight is 375 g/mol. The molecule has 26 heavy (non-hydrogen) atoms. The van der Waals surface area contributed by atoms with Crippen LogP contribution >= 0.6 is 0 Å². The molecule has 0 saturated heterocycles. The lowest BCUT2D eigenvalue weighted by Gasteiger charge is -2.21. The summed E-state index contributed by atoms with van der Waals surface area (Å²) in [5.41, 5.74) is 2.92. The van der Waals surface area contributed by atoms with Crippen molar-refractivity contribution in [2.24, 2.45) is 0 Å². The first-order valence-electron chi connectivity index (χ1n) is 8.90. The zero-order chi connectivity index (χ0) is 19.2. The van der Waals surface area contributed by atoms with Crippen molar-refractivity contribution in [3.63, 3.8) is 0 Å². The van der Waals surface area contributed by atoms with Gasteiger partial charge in [-0.05, 0) is 24.2 Å². The smallest absolute Gasteiger partial charge is 0.221 e. The van der Waals surface area contributed by atoms with Gasteiger partial charge < -0.3 is 19.5 Å². The highest BCUT2D eigenvalue weighted by Gasteiger charge is 2.13. The number of amides is 1. The second kappa shape index (κ2) is 9.00. The van der Waals surface area contributed by atoms with Gasteiger partial charge in [0, 0.05) is 40.0 Å². The fourth-order valence-electron chi connectivity index (χ4n) is 2.50. The molecule has 0 radical (unpaired) electrons. The summed E-state index contributed by atoms with van der Waals surface area (Å²) in [6.45, 7) is 10.6. The Kier molecular flexibility index (Phi) is 6.99. The number of imidazole rings is 1. The van der Waals surface area contributed by atoms with E-state index in [9.17, 15) is 4.79 Å². The van der Waals surface area contributed by atoms with Crippen LogP contribution in [0.1, 0.15) is 12.6 Å². The number of hydrogen-bond donors (Lipinski definition) is 1. The van der Waals surface area contributed by atoms with Crippen molar-refractivity contribution in [2.75, 3.05) is 23.9 Å². The van der Waals surface area contributed by atoms with Gasteiger partial charge in [-0.25, -0.2) is 4.98 Å². The monoisotopic (exact) mass is 374 g/mol. The van der Waals surface area contributed by atoms with Crippen LogP contribution in [-0.4, -0.2) is 37.2 Å². The van der Waals surface area contributed by atoms with Crippen molar-refractivity contribution in [3.8, 4) is 0 Å². The molecule has 1 aromatic heterocycles. The molecule has 0 atom stereocenters. The van der Waals surface area contributed by atoms with Gasteiger partial charge in [0.1, 0.15) is 6.73 Å². The highest BCUT2D eigenvalue weighted by atomic mass is 28.3. The summed E-state index contributed by atoms with van der Waals surface area (Å²) in [5.74, 6) is -0.0710. The summed E-state index contributed by atoms with van der Waals surface area (Å²) in [6, 6.07) is 8.97. The third-order valence-electron chi connectivity index (χ3n) is 4.03. The van der Waals surface area contributed by atoms with E-state index in [1.165, 1.54) is 6.92 Å². The van der Waals surface area contributed by atoms with E-state index < -0.39 is 8.07 Å². The van der Waals surface area contributed by atoms with Crippen LogP contribution in [0.2, 0.25) is 25.7 Å². The number of aromatic nitrogens is 2. The maximum atomic E-state index is 11.2. The van der Waals surface area contributed by atoms with E-state index in [4.69, 9.17) is 4.74 Å². The summed E-state index contributed by atoms with van der Waals surface area (Å²) in [4.78, 5) is 17.6. The molecule has 1 aromatic carbocycles. The van der Waals surface area contributed by atoms with Gasteiger partial charge in [-0.3, -0.25) is 4.79 Å². The Morgan fingerprint density at radius 1 is 1.35 bits per heavy atom. The molecule has 142 valence electrons. The SMILES string of the molecule is CC(=O)Nc1cccc(N(C)Cc2cncn2COCC[Si](C)(C)C)c1. The van der Waals surface area contributed by atoms with Gasteiger partial charge in [0.05, 0.1) is 24.8 Å². The number of carbonyl (C=O) groups excluding carboxylic acids is 1. The van der Waals surface area contributed by atoms with Crippen LogP contribution in [0.4, 0.5) is 11.4 Å². The van der Waals surface area contributed by atoms with Crippen LogP contribution < -0.4 is 10.2 Å². The minimum absolute atomic E-state index is 0.0710. The Hall–Kier alpha value is -2.12. The fraction of sp³-hybridized carbons (Fsp3) is 0.474. The van der Waals surface area contributed by atoms with Crippen molar-refractivity contribution in [3.05, 3.63) is 42.5 Å². The molecule has 0 spiro atoms. The molecule has 0 aliphatic carbocycles.